The van der Waals surface area contributed by atoms with Crippen LogP contribution >= 0.6 is 0 Å². The van der Waals surface area contributed by atoms with Gasteiger partial charge in [0.15, 0.2) is 5.82 Å². The van der Waals surface area contributed by atoms with Gasteiger partial charge in [0.25, 0.3) is 0 Å². The van der Waals surface area contributed by atoms with E-state index in [1.165, 1.54) is 0 Å². The van der Waals surface area contributed by atoms with E-state index in [1.807, 2.05) is 14.0 Å². The molecule has 0 radical (unpaired) electrons. The van der Waals surface area contributed by atoms with E-state index in [0.29, 0.717) is 18.3 Å². The SMILES string of the molecule is C[C@@H](NC(=O)N[C@H]1CCCN(c2ncccn2)C1)c1nncn1C. The second kappa shape index (κ2) is 7.24. The lowest BCUT2D eigenvalue weighted by atomic mass is 10.1. The van der Waals surface area contributed by atoms with Crippen LogP contribution in [-0.4, -0.2) is 49.9 Å². The van der Waals surface area contributed by atoms with Crippen molar-refractivity contribution in [3.63, 3.8) is 0 Å². The smallest absolute Gasteiger partial charge is 0.315 e. The zero-order valence-electron chi connectivity index (χ0n) is 13.9. The minimum atomic E-state index is -0.213. The number of hydrogen-bond acceptors (Lipinski definition) is 6. The number of nitrogens with zero attached hydrogens (tertiary/aromatic N) is 6. The molecule has 0 bridgehead atoms. The summed E-state index contributed by atoms with van der Waals surface area (Å²) in [5.74, 6) is 1.42. The summed E-state index contributed by atoms with van der Waals surface area (Å²) in [5.41, 5.74) is 0. The van der Waals surface area contributed by atoms with Gasteiger partial charge in [-0.05, 0) is 25.8 Å². The van der Waals surface area contributed by atoms with Gasteiger partial charge >= 0.3 is 6.03 Å². The molecule has 128 valence electrons. The average molecular weight is 330 g/mol. The number of anilines is 1. The van der Waals surface area contributed by atoms with E-state index >= 15 is 0 Å². The summed E-state index contributed by atoms with van der Waals surface area (Å²) < 4.78 is 1.79. The maximum Gasteiger partial charge on any atom is 0.315 e. The molecule has 9 heteroatoms. The van der Waals surface area contributed by atoms with Crippen molar-refractivity contribution in [3.8, 4) is 0 Å². The monoisotopic (exact) mass is 330 g/mol. The normalized spacial score (nSPS) is 18.9. The summed E-state index contributed by atoms with van der Waals surface area (Å²) in [6.07, 6.45) is 7.00. The van der Waals surface area contributed by atoms with Crippen molar-refractivity contribution in [1.29, 1.82) is 0 Å². The van der Waals surface area contributed by atoms with Gasteiger partial charge in [-0.3, -0.25) is 0 Å². The molecule has 9 nitrogen and oxygen atoms in total. The number of aromatic nitrogens is 5. The molecule has 0 aliphatic carbocycles. The van der Waals surface area contributed by atoms with Crippen LogP contribution in [0.5, 0.6) is 0 Å². The van der Waals surface area contributed by atoms with Crippen LogP contribution in [0, 0.1) is 0 Å². The van der Waals surface area contributed by atoms with Gasteiger partial charge in [0.2, 0.25) is 5.95 Å². The highest BCUT2D eigenvalue weighted by atomic mass is 16.2. The van der Waals surface area contributed by atoms with Gasteiger partial charge in [-0.2, -0.15) is 0 Å². The Bertz CT molecular complexity index is 673. The number of rotatable bonds is 4. The Morgan fingerprint density at radius 3 is 2.88 bits per heavy atom. The lowest BCUT2D eigenvalue weighted by molar-refractivity contribution is 0.231. The van der Waals surface area contributed by atoms with E-state index in [-0.39, 0.29) is 18.1 Å². The predicted molar refractivity (Wildman–Crippen MR) is 88.4 cm³/mol. The quantitative estimate of drug-likeness (QED) is 0.853. The number of hydrogen-bond donors (Lipinski definition) is 2. The minimum absolute atomic E-state index is 0.0641. The molecule has 1 saturated heterocycles. The zero-order chi connectivity index (χ0) is 16.9. The first-order valence-electron chi connectivity index (χ1n) is 8.06. The molecule has 0 unspecified atom stereocenters. The van der Waals surface area contributed by atoms with Crippen LogP contribution in [0.2, 0.25) is 0 Å². The number of carbonyl (C=O) groups excluding carboxylic acids is 1. The largest absolute Gasteiger partial charge is 0.339 e. The first-order chi connectivity index (χ1) is 11.6. The van der Waals surface area contributed by atoms with E-state index in [9.17, 15) is 4.79 Å². The molecule has 0 spiro atoms. The van der Waals surface area contributed by atoms with Crippen LogP contribution in [0.25, 0.3) is 0 Å². The van der Waals surface area contributed by atoms with Gasteiger partial charge in [-0.1, -0.05) is 0 Å². The molecule has 2 aromatic rings. The van der Waals surface area contributed by atoms with Crippen LogP contribution in [0.1, 0.15) is 31.6 Å². The Hall–Kier alpha value is -2.71. The third-order valence-corrected chi connectivity index (χ3v) is 4.07. The maximum atomic E-state index is 12.2. The molecule has 0 saturated carbocycles. The average Bonchev–Trinajstić information content (AvgIpc) is 3.02. The fourth-order valence-electron chi connectivity index (χ4n) is 2.90. The van der Waals surface area contributed by atoms with Crippen LogP contribution < -0.4 is 15.5 Å². The summed E-state index contributed by atoms with van der Waals surface area (Å²) in [6, 6.07) is 1.44. The van der Waals surface area contributed by atoms with Crippen molar-refractivity contribution < 1.29 is 4.79 Å². The van der Waals surface area contributed by atoms with Crippen molar-refractivity contribution in [2.24, 2.45) is 7.05 Å². The number of aryl methyl sites for hydroxylation is 1. The Kier molecular flexibility index (Phi) is 4.88. The molecule has 24 heavy (non-hydrogen) atoms. The molecule has 2 N–H and O–H groups in total. The van der Waals surface area contributed by atoms with Gasteiger partial charge in [-0.15, -0.1) is 10.2 Å². The number of amides is 2. The van der Waals surface area contributed by atoms with Gasteiger partial charge < -0.3 is 20.1 Å². The molecule has 3 rings (SSSR count). The second-order valence-electron chi connectivity index (χ2n) is 5.97. The summed E-state index contributed by atoms with van der Waals surface area (Å²) in [7, 11) is 1.85. The fourth-order valence-corrected chi connectivity index (χ4v) is 2.90. The maximum absolute atomic E-state index is 12.2. The van der Waals surface area contributed by atoms with Gasteiger partial charge in [0, 0.05) is 38.6 Å². The van der Waals surface area contributed by atoms with E-state index in [2.05, 4.69) is 35.7 Å². The Balaban J connectivity index is 1.53. The number of urea groups is 1. The van der Waals surface area contributed by atoms with Crippen molar-refractivity contribution >= 4 is 12.0 Å². The third kappa shape index (κ3) is 3.79. The summed E-state index contributed by atoms with van der Waals surface area (Å²) in [6.45, 7) is 3.49. The van der Waals surface area contributed by atoms with Crippen molar-refractivity contribution in [3.05, 3.63) is 30.6 Å². The zero-order valence-corrected chi connectivity index (χ0v) is 13.9. The molecular weight excluding hydrogens is 308 g/mol. The predicted octanol–water partition coefficient (Wildman–Crippen LogP) is 0.634. The second-order valence-corrected chi connectivity index (χ2v) is 5.97. The van der Waals surface area contributed by atoms with Crippen LogP contribution in [0.15, 0.2) is 24.8 Å². The lowest BCUT2D eigenvalue weighted by Gasteiger charge is -2.33. The molecule has 2 amide bonds. The molecule has 1 fully saturated rings. The van der Waals surface area contributed by atoms with Gasteiger partial charge in [0.1, 0.15) is 6.33 Å². The fraction of sp³-hybridized carbons (Fsp3) is 0.533. The van der Waals surface area contributed by atoms with Gasteiger partial charge in [-0.25, -0.2) is 14.8 Å². The molecule has 2 aromatic heterocycles. The van der Waals surface area contributed by atoms with E-state index < -0.39 is 0 Å². The molecule has 1 aliphatic heterocycles. The summed E-state index contributed by atoms with van der Waals surface area (Å²) in [4.78, 5) is 22.9. The van der Waals surface area contributed by atoms with Crippen molar-refractivity contribution in [1.82, 2.24) is 35.4 Å². The van der Waals surface area contributed by atoms with E-state index in [1.54, 1.807) is 29.4 Å². The Labute approximate surface area is 140 Å². The lowest BCUT2D eigenvalue weighted by Crippen LogP contribution is -2.51. The molecule has 0 aromatic carbocycles. The summed E-state index contributed by atoms with van der Waals surface area (Å²) in [5, 5.41) is 13.8. The van der Waals surface area contributed by atoms with Crippen molar-refractivity contribution in [2.45, 2.75) is 31.8 Å². The Morgan fingerprint density at radius 1 is 1.38 bits per heavy atom. The van der Waals surface area contributed by atoms with Crippen molar-refractivity contribution in [2.75, 3.05) is 18.0 Å². The highest BCUT2D eigenvalue weighted by Gasteiger charge is 2.24. The number of nitrogens with one attached hydrogen (secondary N) is 2. The first-order valence-corrected chi connectivity index (χ1v) is 8.06. The van der Waals surface area contributed by atoms with Gasteiger partial charge in [0.05, 0.1) is 6.04 Å². The molecular formula is C15H22N8O. The molecule has 3 heterocycles. The standard InChI is InChI=1S/C15H22N8O/c1-11(13-21-18-10-22(13)2)19-15(24)20-12-5-3-8-23(9-12)14-16-6-4-7-17-14/h4,6-7,10-12H,3,5,8-9H2,1-2H3,(H2,19,20,24)/t11-,12+/m1/s1. The Morgan fingerprint density at radius 2 is 2.17 bits per heavy atom. The highest BCUT2D eigenvalue weighted by molar-refractivity contribution is 5.74. The third-order valence-electron chi connectivity index (χ3n) is 4.07. The number of piperidine rings is 1. The first kappa shape index (κ1) is 16.2. The minimum Gasteiger partial charge on any atom is -0.339 e. The van der Waals surface area contributed by atoms with Crippen LogP contribution in [0.4, 0.5) is 10.7 Å². The van der Waals surface area contributed by atoms with Crippen LogP contribution in [0.3, 0.4) is 0 Å². The molecule has 2 atom stereocenters. The van der Waals surface area contributed by atoms with Crippen LogP contribution in [-0.2, 0) is 7.05 Å². The molecule has 1 aliphatic rings. The van der Waals surface area contributed by atoms with E-state index in [4.69, 9.17) is 0 Å². The summed E-state index contributed by atoms with van der Waals surface area (Å²) >= 11 is 0. The highest BCUT2D eigenvalue weighted by Crippen LogP contribution is 2.15. The topological polar surface area (TPSA) is 101 Å². The number of carbonyl (C=O) groups is 1. The van der Waals surface area contributed by atoms with E-state index in [0.717, 1.165) is 19.4 Å².